The number of amides is 1. The smallest absolute Gasteiger partial charge is 0.326 e. The number of aliphatic hydroxyl groups is 1. The maximum Gasteiger partial charge on any atom is 0.326 e. The van der Waals surface area contributed by atoms with Crippen molar-refractivity contribution in [3.05, 3.63) is 42.2 Å². The maximum absolute atomic E-state index is 13.2. The fourth-order valence-electron chi connectivity index (χ4n) is 4.64. The SMILES string of the molecule is C[C@@H]1CCCN1CCCOc1ccc(-n2cc(C(=O)N(CCO)C(C(=O)O)C(C)(C)C)cn2)cc1. The molecule has 0 bridgehead atoms. The number of likely N-dealkylation sites (tertiary alicyclic amines) is 1. The Kier molecular flexibility index (Phi) is 8.91. The van der Waals surface area contributed by atoms with Crippen molar-refractivity contribution < 1.29 is 24.5 Å². The third kappa shape index (κ3) is 6.82. The molecule has 1 amide bonds. The Morgan fingerprint density at radius 1 is 1.26 bits per heavy atom. The van der Waals surface area contributed by atoms with E-state index >= 15 is 0 Å². The van der Waals surface area contributed by atoms with E-state index in [-0.39, 0.29) is 18.7 Å². The summed E-state index contributed by atoms with van der Waals surface area (Å²) < 4.78 is 7.44. The van der Waals surface area contributed by atoms with Gasteiger partial charge in [-0.25, -0.2) is 9.48 Å². The summed E-state index contributed by atoms with van der Waals surface area (Å²) in [4.78, 5) is 28.8. The van der Waals surface area contributed by atoms with Gasteiger partial charge in [0, 0.05) is 25.3 Å². The lowest BCUT2D eigenvalue weighted by Gasteiger charge is -2.36. The Bertz CT molecular complexity index is 982. The summed E-state index contributed by atoms with van der Waals surface area (Å²) in [6.45, 7) is 10.0. The number of nitrogens with zero attached hydrogens (tertiary/aromatic N) is 4. The number of aromatic nitrogens is 2. The Morgan fingerprint density at radius 2 is 1.97 bits per heavy atom. The number of hydrogen-bond donors (Lipinski definition) is 2. The largest absolute Gasteiger partial charge is 0.494 e. The van der Waals surface area contributed by atoms with E-state index in [0.29, 0.717) is 12.6 Å². The second-order valence-corrected chi connectivity index (χ2v) is 10.2. The molecule has 192 valence electrons. The van der Waals surface area contributed by atoms with E-state index in [1.807, 2.05) is 24.3 Å². The molecule has 1 aliphatic rings. The lowest BCUT2D eigenvalue weighted by Crippen LogP contribution is -2.53. The lowest BCUT2D eigenvalue weighted by molar-refractivity contribution is -0.146. The first kappa shape index (κ1) is 26.7. The molecule has 0 saturated carbocycles. The zero-order chi connectivity index (χ0) is 25.6. The molecule has 1 aromatic heterocycles. The monoisotopic (exact) mass is 486 g/mol. The molecular formula is C26H38N4O5. The third-order valence-electron chi connectivity index (χ3n) is 6.45. The minimum Gasteiger partial charge on any atom is -0.494 e. The number of rotatable bonds is 11. The number of carboxylic acids is 1. The molecule has 0 aliphatic carbocycles. The normalized spacial score (nSPS) is 17.3. The summed E-state index contributed by atoms with van der Waals surface area (Å²) in [5.41, 5.74) is 0.293. The fraction of sp³-hybridized carbons (Fsp3) is 0.577. The Balaban J connectivity index is 1.62. The molecule has 0 radical (unpaired) electrons. The zero-order valence-electron chi connectivity index (χ0n) is 21.2. The second kappa shape index (κ2) is 11.7. The highest BCUT2D eigenvalue weighted by atomic mass is 16.5. The van der Waals surface area contributed by atoms with E-state index in [9.17, 15) is 19.8 Å². The molecule has 1 fully saturated rings. The van der Waals surface area contributed by atoms with Gasteiger partial charge in [0.1, 0.15) is 11.8 Å². The molecule has 2 N–H and O–H groups in total. The van der Waals surface area contributed by atoms with Gasteiger partial charge in [0.05, 0.1) is 30.7 Å². The number of benzene rings is 1. The molecule has 35 heavy (non-hydrogen) atoms. The first-order chi connectivity index (χ1) is 16.6. The Morgan fingerprint density at radius 3 is 2.54 bits per heavy atom. The fourth-order valence-corrected chi connectivity index (χ4v) is 4.64. The minimum absolute atomic E-state index is 0.0824. The van der Waals surface area contributed by atoms with Crippen LogP contribution in [0, 0.1) is 5.41 Å². The minimum atomic E-state index is -1.11. The van der Waals surface area contributed by atoms with Crippen LogP contribution in [0.2, 0.25) is 0 Å². The molecular weight excluding hydrogens is 448 g/mol. The topological polar surface area (TPSA) is 108 Å². The highest BCUT2D eigenvalue weighted by Gasteiger charge is 2.39. The molecule has 0 spiro atoms. The molecule has 2 heterocycles. The standard InChI is InChI=1S/C26H38N4O5/c1-19-7-5-12-28(19)13-6-16-35-22-10-8-21(9-11-22)30-18-20(17-27-30)24(32)29(14-15-31)23(25(33)34)26(2,3)4/h8-11,17-19,23,31H,5-7,12-16H2,1-4H3,(H,33,34)/t19-,23?/m1/s1. The molecule has 1 aromatic carbocycles. The molecule has 1 unspecified atom stereocenters. The van der Waals surface area contributed by atoms with Gasteiger partial charge in [-0.3, -0.25) is 4.79 Å². The second-order valence-electron chi connectivity index (χ2n) is 10.2. The van der Waals surface area contributed by atoms with E-state index in [4.69, 9.17) is 4.74 Å². The first-order valence-electron chi connectivity index (χ1n) is 12.3. The lowest BCUT2D eigenvalue weighted by atomic mass is 9.85. The van der Waals surface area contributed by atoms with Crippen molar-refractivity contribution in [2.75, 3.05) is 32.8 Å². The molecule has 1 aliphatic heterocycles. The van der Waals surface area contributed by atoms with Gasteiger partial charge in [-0.2, -0.15) is 5.10 Å². The predicted molar refractivity (Wildman–Crippen MR) is 133 cm³/mol. The third-order valence-corrected chi connectivity index (χ3v) is 6.45. The van der Waals surface area contributed by atoms with E-state index in [2.05, 4.69) is 16.9 Å². The van der Waals surface area contributed by atoms with Crippen LogP contribution in [0.25, 0.3) is 5.69 Å². The molecule has 1 saturated heterocycles. The van der Waals surface area contributed by atoms with Gasteiger partial charge in [-0.05, 0) is 62.4 Å². The van der Waals surface area contributed by atoms with Gasteiger partial charge in [0.2, 0.25) is 0 Å². The average Bonchev–Trinajstić information content (AvgIpc) is 3.44. The molecule has 9 nitrogen and oxygen atoms in total. The number of carboxylic acid groups (broad SMARTS) is 1. The van der Waals surface area contributed by atoms with E-state index in [1.165, 1.54) is 30.5 Å². The summed E-state index contributed by atoms with van der Waals surface area (Å²) >= 11 is 0. The summed E-state index contributed by atoms with van der Waals surface area (Å²) in [6.07, 6.45) is 6.52. The van der Waals surface area contributed by atoms with Crippen molar-refractivity contribution in [2.24, 2.45) is 5.41 Å². The zero-order valence-corrected chi connectivity index (χ0v) is 21.2. The van der Waals surface area contributed by atoms with Crippen LogP contribution in [-0.4, -0.2) is 86.6 Å². The average molecular weight is 487 g/mol. The summed E-state index contributed by atoms with van der Waals surface area (Å²) in [7, 11) is 0. The van der Waals surface area contributed by atoms with Crippen molar-refractivity contribution in [3.63, 3.8) is 0 Å². The van der Waals surface area contributed by atoms with Crippen LogP contribution in [0.5, 0.6) is 5.75 Å². The van der Waals surface area contributed by atoms with Crippen LogP contribution in [0.15, 0.2) is 36.7 Å². The predicted octanol–water partition coefficient (Wildman–Crippen LogP) is 3.06. The van der Waals surface area contributed by atoms with Crippen LogP contribution in [-0.2, 0) is 4.79 Å². The molecule has 9 heteroatoms. The van der Waals surface area contributed by atoms with E-state index < -0.39 is 23.3 Å². The molecule has 2 atom stereocenters. The number of carbonyl (C=O) groups is 2. The van der Waals surface area contributed by atoms with Gasteiger partial charge in [0.25, 0.3) is 5.91 Å². The van der Waals surface area contributed by atoms with Gasteiger partial charge >= 0.3 is 5.97 Å². The number of carbonyl (C=O) groups excluding carboxylic acids is 1. The van der Waals surface area contributed by atoms with Crippen LogP contribution in [0.4, 0.5) is 0 Å². The quantitative estimate of drug-likeness (QED) is 0.470. The van der Waals surface area contributed by atoms with Gasteiger partial charge in [-0.15, -0.1) is 0 Å². The van der Waals surface area contributed by atoms with Crippen LogP contribution in [0.1, 0.15) is 57.3 Å². The molecule has 2 aromatic rings. The summed E-state index contributed by atoms with van der Waals surface area (Å²) in [6, 6.07) is 7.04. The summed E-state index contributed by atoms with van der Waals surface area (Å²) in [5, 5.41) is 23.5. The highest BCUT2D eigenvalue weighted by Crippen LogP contribution is 2.26. The van der Waals surface area contributed by atoms with Crippen LogP contribution < -0.4 is 4.74 Å². The number of hydrogen-bond acceptors (Lipinski definition) is 6. The molecule has 3 rings (SSSR count). The van der Waals surface area contributed by atoms with Crippen molar-refractivity contribution in [1.29, 1.82) is 0 Å². The van der Waals surface area contributed by atoms with Gasteiger partial charge in [-0.1, -0.05) is 20.8 Å². The van der Waals surface area contributed by atoms with E-state index in [1.54, 1.807) is 31.6 Å². The van der Waals surface area contributed by atoms with E-state index in [0.717, 1.165) is 24.4 Å². The van der Waals surface area contributed by atoms with Crippen molar-refractivity contribution in [2.45, 2.75) is 59.0 Å². The summed E-state index contributed by atoms with van der Waals surface area (Å²) in [5.74, 6) is -0.826. The van der Waals surface area contributed by atoms with Crippen molar-refractivity contribution >= 4 is 11.9 Å². The Labute approximate surface area is 207 Å². The first-order valence-corrected chi connectivity index (χ1v) is 12.3. The number of aliphatic carboxylic acids is 1. The van der Waals surface area contributed by atoms with Crippen LogP contribution >= 0.6 is 0 Å². The Hall–Kier alpha value is -2.91. The van der Waals surface area contributed by atoms with Crippen molar-refractivity contribution in [1.82, 2.24) is 19.6 Å². The maximum atomic E-state index is 13.2. The number of aliphatic hydroxyl groups excluding tert-OH is 1. The highest BCUT2D eigenvalue weighted by molar-refractivity contribution is 5.96. The van der Waals surface area contributed by atoms with Gasteiger partial charge < -0.3 is 24.7 Å². The van der Waals surface area contributed by atoms with Gasteiger partial charge in [0.15, 0.2) is 0 Å². The van der Waals surface area contributed by atoms with Crippen molar-refractivity contribution in [3.8, 4) is 11.4 Å². The number of ether oxygens (including phenoxy) is 1. The van der Waals surface area contributed by atoms with Crippen LogP contribution in [0.3, 0.4) is 0 Å².